The van der Waals surface area contributed by atoms with Gasteiger partial charge in [0.05, 0.1) is 11.0 Å². The van der Waals surface area contributed by atoms with Crippen molar-refractivity contribution in [2.45, 2.75) is 63.8 Å². The fourth-order valence-corrected chi connectivity index (χ4v) is 3.33. The van der Waals surface area contributed by atoms with Crippen LogP contribution in [-0.4, -0.2) is 34.2 Å². The second kappa shape index (κ2) is 10.8. The van der Waals surface area contributed by atoms with Crippen molar-refractivity contribution in [1.82, 2.24) is 5.32 Å². The molecule has 7 heteroatoms. The van der Waals surface area contributed by atoms with Crippen molar-refractivity contribution < 1.29 is 19.6 Å². The van der Waals surface area contributed by atoms with E-state index < -0.39 is 6.10 Å². The van der Waals surface area contributed by atoms with E-state index in [2.05, 4.69) is 10.1 Å². The Morgan fingerprint density at radius 2 is 1.80 bits per heavy atom. The predicted molar refractivity (Wildman–Crippen MR) is 115 cm³/mol. The molecule has 162 valence electrons. The van der Waals surface area contributed by atoms with Crippen LogP contribution in [0.2, 0.25) is 0 Å². The highest BCUT2D eigenvalue weighted by Gasteiger charge is 2.29. The van der Waals surface area contributed by atoms with E-state index in [-0.39, 0.29) is 22.3 Å². The number of aliphatic hydroxyl groups is 1. The summed E-state index contributed by atoms with van der Waals surface area (Å²) in [6.45, 7) is 5.92. The van der Waals surface area contributed by atoms with Gasteiger partial charge in [-0.1, -0.05) is 42.5 Å². The molecule has 3 rings (SSSR count). The van der Waals surface area contributed by atoms with Gasteiger partial charge in [0, 0.05) is 24.2 Å². The molecule has 3 atom stereocenters. The van der Waals surface area contributed by atoms with E-state index in [4.69, 9.17) is 0 Å². The van der Waals surface area contributed by atoms with Crippen LogP contribution in [0.15, 0.2) is 54.6 Å². The number of aliphatic hydroxyl groups excluding tert-OH is 1. The quantitative estimate of drug-likeness (QED) is 0.422. The second-order valence-electron chi connectivity index (χ2n) is 8.36. The van der Waals surface area contributed by atoms with Gasteiger partial charge in [0.25, 0.3) is 12.2 Å². The molecule has 0 aliphatic carbocycles. The van der Waals surface area contributed by atoms with E-state index in [1.165, 1.54) is 0 Å². The van der Waals surface area contributed by atoms with Crippen LogP contribution in [-0.2, 0) is 16.0 Å². The van der Waals surface area contributed by atoms with Crippen LogP contribution in [0.25, 0.3) is 0 Å². The third-order valence-corrected chi connectivity index (χ3v) is 4.83. The maximum Gasteiger partial charge on any atom is 0.293 e. The molecule has 1 aliphatic heterocycles. The molecular weight excluding hydrogens is 384 g/mol. The van der Waals surface area contributed by atoms with Crippen LogP contribution < -0.4 is 5.32 Å². The van der Waals surface area contributed by atoms with Crippen LogP contribution in [0.1, 0.15) is 50.8 Å². The Morgan fingerprint density at radius 1 is 1.17 bits per heavy atom. The van der Waals surface area contributed by atoms with Crippen LogP contribution in [0.3, 0.4) is 0 Å². The van der Waals surface area contributed by atoms with Crippen molar-refractivity contribution in [2.75, 3.05) is 0 Å². The number of nitrogens with zero attached hydrogens (tertiary/aromatic N) is 1. The summed E-state index contributed by atoms with van der Waals surface area (Å²) in [5.41, 5.74) is 1.80. The Labute approximate surface area is 177 Å². The van der Waals surface area contributed by atoms with Crippen LogP contribution in [0.4, 0.5) is 5.69 Å². The molecule has 30 heavy (non-hydrogen) atoms. The Morgan fingerprint density at radius 3 is 2.30 bits per heavy atom. The van der Waals surface area contributed by atoms with Crippen LogP contribution in [0, 0.1) is 10.1 Å². The molecule has 0 amide bonds. The third kappa shape index (κ3) is 7.57. The highest BCUT2D eigenvalue weighted by molar-refractivity contribution is 5.37. The molecule has 1 aliphatic rings. The molecule has 1 saturated heterocycles. The van der Waals surface area contributed by atoms with Gasteiger partial charge < -0.3 is 15.2 Å². The molecule has 2 aromatic carbocycles. The van der Waals surface area contributed by atoms with Crippen molar-refractivity contribution in [3.8, 4) is 0 Å². The zero-order valence-corrected chi connectivity index (χ0v) is 17.7. The normalized spacial score (nSPS) is 19.3. The van der Waals surface area contributed by atoms with E-state index >= 15 is 0 Å². The number of carbonyl (C=O) groups excluding carboxylic acids is 1. The summed E-state index contributed by atoms with van der Waals surface area (Å²) < 4.78 is 4.55. The minimum Gasteiger partial charge on any atom is -0.462 e. The number of nitrogens with one attached hydrogen (secondary N) is 1. The number of nitro benzene ring substituents is 1. The number of hydrogen-bond donors (Lipinski definition) is 2. The molecule has 1 heterocycles. The fraction of sp³-hybridized carbons (Fsp3) is 0.435. The highest BCUT2D eigenvalue weighted by Crippen LogP contribution is 2.27. The maximum atomic E-state index is 10.7. The first-order chi connectivity index (χ1) is 14.2. The Bertz CT molecular complexity index is 803. The molecule has 2 N–H and O–H groups in total. The molecule has 0 aromatic heterocycles. The molecule has 1 fully saturated rings. The van der Waals surface area contributed by atoms with Gasteiger partial charge in [-0.2, -0.15) is 0 Å². The van der Waals surface area contributed by atoms with Gasteiger partial charge in [-0.3, -0.25) is 14.9 Å². The Hall–Kier alpha value is -2.77. The summed E-state index contributed by atoms with van der Waals surface area (Å²) in [4.78, 5) is 19.9. The smallest absolute Gasteiger partial charge is 0.293 e. The first-order valence-electron chi connectivity index (χ1n) is 10.0. The standard InChI is InChI=1S/C18H20N2O3.C5H10O2/c21-18(14-4-2-1-3-5-14)17-11-8-15(19-17)12-13-6-9-16(10-7-13)20(22)23;1-5(2,3)7-4-6/h1-7,9-10,15,17-19,21H,8,11-12H2;4H,1-3H3/t15?,17?,18-;/m1./s1. The van der Waals surface area contributed by atoms with Gasteiger partial charge in [0.2, 0.25) is 0 Å². The summed E-state index contributed by atoms with van der Waals surface area (Å²) >= 11 is 0. The van der Waals surface area contributed by atoms with E-state index in [1.807, 2.05) is 51.1 Å². The van der Waals surface area contributed by atoms with E-state index in [9.17, 15) is 20.0 Å². The molecule has 0 radical (unpaired) electrons. The number of ether oxygens (including phenoxy) is 1. The van der Waals surface area contributed by atoms with Gasteiger partial charge in [-0.05, 0) is 51.2 Å². The van der Waals surface area contributed by atoms with E-state index in [0.717, 1.165) is 30.4 Å². The zero-order valence-electron chi connectivity index (χ0n) is 17.7. The summed E-state index contributed by atoms with van der Waals surface area (Å²) in [6.07, 6.45) is 2.23. The largest absolute Gasteiger partial charge is 0.462 e. The van der Waals surface area contributed by atoms with Gasteiger partial charge in [-0.25, -0.2) is 0 Å². The number of hydrogen-bond acceptors (Lipinski definition) is 6. The fourth-order valence-electron chi connectivity index (χ4n) is 3.33. The van der Waals surface area contributed by atoms with Crippen molar-refractivity contribution in [1.29, 1.82) is 0 Å². The number of non-ortho nitro benzene ring substituents is 1. The second-order valence-corrected chi connectivity index (χ2v) is 8.36. The van der Waals surface area contributed by atoms with Crippen molar-refractivity contribution in [2.24, 2.45) is 0 Å². The topological polar surface area (TPSA) is 102 Å². The molecule has 2 aromatic rings. The maximum absolute atomic E-state index is 10.7. The van der Waals surface area contributed by atoms with Gasteiger partial charge in [-0.15, -0.1) is 0 Å². The highest BCUT2D eigenvalue weighted by atomic mass is 16.6. The van der Waals surface area contributed by atoms with E-state index in [1.54, 1.807) is 24.3 Å². The molecule has 0 spiro atoms. The minimum atomic E-state index is -0.502. The lowest BCUT2D eigenvalue weighted by molar-refractivity contribution is -0.384. The third-order valence-electron chi connectivity index (χ3n) is 4.83. The van der Waals surface area contributed by atoms with Crippen molar-refractivity contribution in [3.05, 3.63) is 75.8 Å². The Kier molecular flexibility index (Phi) is 8.50. The average Bonchev–Trinajstić information content (AvgIpc) is 3.16. The molecule has 0 saturated carbocycles. The lowest BCUT2D eigenvalue weighted by Crippen LogP contribution is -2.35. The summed E-state index contributed by atoms with van der Waals surface area (Å²) in [7, 11) is 0. The number of benzene rings is 2. The zero-order chi connectivity index (χ0) is 22.1. The van der Waals surface area contributed by atoms with Crippen LogP contribution in [0.5, 0.6) is 0 Å². The van der Waals surface area contributed by atoms with Crippen molar-refractivity contribution >= 4 is 12.2 Å². The lowest BCUT2D eigenvalue weighted by atomic mass is 10.0. The lowest BCUT2D eigenvalue weighted by Gasteiger charge is -2.20. The summed E-state index contributed by atoms with van der Waals surface area (Å²) in [6, 6.07) is 16.7. The number of carbonyl (C=O) groups is 1. The van der Waals surface area contributed by atoms with Gasteiger partial charge in [0.1, 0.15) is 5.60 Å². The molecular formula is C23H30N2O5. The Balaban J connectivity index is 0.000000396. The van der Waals surface area contributed by atoms with E-state index in [0.29, 0.717) is 12.5 Å². The molecule has 2 unspecified atom stereocenters. The predicted octanol–water partition coefficient (Wildman–Crippen LogP) is 3.95. The molecule has 0 bridgehead atoms. The number of rotatable bonds is 6. The minimum absolute atomic E-state index is 0.0560. The molecule has 7 nitrogen and oxygen atoms in total. The summed E-state index contributed by atoms with van der Waals surface area (Å²) in [5.74, 6) is 0. The average molecular weight is 415 g/mol. The van der Waals surface area contributed by atoms with Gasteiger partial charge in [0.15, 0.2) is 0 Å². The van der Waals surface area contributed by atoms with Gasteiger partial charge >= 0.3 is 0 Å². The first-order valence-corrected chi connectivity index (χ1v) is 10.0. The van der Waals surface area contributed by atoms with Crippen LogP contribution >= 0.6 is 0 Å². The first kappa shape index (κ1) is 23.5. The monoisotopic (exact) mass is 414 g/mol. The number of nitro groups is 1. The van der Waals surface area contributed by atoms with Crippen molar-refractivity contribution in [3.63, 3.8) is 0 Å². The SMILES string of the molecule is CC(C)(C)OC=O.O=[N+]([O-])c1ccc(CC2CCC([C@H](O)c3ccccc3)N2)cc1. The summed E-state index contributed by atoms with van der Waals surface area (Å²) in [5, 5.41) is 24.6.